The van der Waals surface area contributed by atoms with Crippen LogP contribution in [0.5, 0.6) is 0 Å². The maximum absolute atomic E-state index is 12.3. The van der Waals surface area contributed by atoms with Gasteiger partial charge in [0.05, 0.1) is 21.7 Å². The Morgan fingerprint density at radius 2 is 2.17 bits per heavy atom. The molecule has 0 N–H and O–H groups in total. The van der Waals surface area contributed by atoms with Gasteiger partial charge in [0.15, 0.2) is 4.80 Å². The standard InChI is InChI=1S/C15H8ClN3O3S2/c1-2-7-18-10-4-3-9(16)8-12(10)24-15(18)17-14(20)11-5-6-13(23-11)19(21)22/h1,3-6,8H,7H2. The van der Waals surface area contributed by atoms with Gasteiger partial charge in [-0.2, -0.15) is 4.99 Å². The molecule has 120 valence electrons. The SMILES string of the molecule is C#CCn1c(=NC(=O)c2ccc([N+](=O)[O-])s2)sc2cc(Cl)ccc21. The number of halogens is 1. The lowest BCUT2D eigenvalue weighted by atomic mass is 10.3. The summed E-state index contributed by atoms with van der Waals surface area (Å²) in [6.07, 6.45) is 5.40. The van der Waals surface area contributed by atoms with E-state index >= 15 is 0 Å². The molecule has 3 rings (SSSR count). The first-order chi connectivity index (χ1) is 11.5. The number of hydrogen-bond donors (Lipinski definition) is 0. The van der Waals surface area contributed by atoms with Gasteiger partial charge in [0.2, 0.25) is 0 Å². The van der Waals surface area contributed by atoms with Gasteiger partial charge in [0.1, 0.15) is 4.88 Å². The van der Waals surface area contributed by atoms with E-state index < -0.39 is 10.8 Å². The average molecular weight is 378 g/mol. The number of nitro groups is 1. The topological polar surface area (TPSA) is 77.5 Å². The van der Waals surface area contributed by atoms with Crippen molar-refractivity contribution < 1.29 is 9.72 Å². The van der Waals surface area contributed by atoms with Crippen molar-refractivity contribution in [1.82, 2.24) is 4.57 Å². The summed E-state index contributed by atoms with van der Waals surface area (Å²) in [6, 6.07) is 7.99. The molecule has 0 atom stereocenters. The van der Waals surface area contributed by atoms with Gasteiger partial charge < -0.3 is 4.57 Å². The number of hydrogen-bond acceptors (Lipinski definition) is 5. The third kappa shape index (κ3) is 3.10. The number of amides is 1. The van der Waals surface area contributed by atoms with Crippen molar-refractivity contribution in [2.45, 2.75) is 6.54 Å². The lowest BCUT2D eigenvalue weighted by Gasteiger charge is -1.99. The molecule has 3 aromatic rings. The molecule has 0 aliphatic carbocycles. The first kappa shape index (κ1) is 16.4. The molecule has 6 nitrogen and oxygen atoms in total. The van der Waals surface area contributed by atoms with Crippen LogP contribution in [0.15, 0.2) is 35.3 Å². The fourth-order valence-corrected chi connectivity index (χ4v) is 4.07. The van der Waals surface area contributed by atoms with Crippen LogP contribution in [0, 0.1) is 22.5 Å². The molecule has 0 saturated heterocycles. The highest BCUT2D eigenvalue weighted by Gasteiger charge is 2.15. The number of aromatic nitrogens is 1. The summed E-state index contributed by atoms with van der Waals surface area (Å²) in [6.45, 7) is 0.248. The highest BCUT2D eigenvalue weighted by molar-refractivity contribution is 7.17. The van der Waals surface area contributed by atoms with E-state index in [1.165, 1.54) is 23.5 Å². The van der Waals surface area contributed by atoms with Gasteiger partial charge in [-0.15, -0.1) is 6.42 Å². The van der Waals surface area contributed by atoms with Crippen LogP contribution in [0.3, 0.4) is 0 Å². The molecule has 0 radical (unpaired) electrons. The van der Waals surface area contributed by atoms with Crippen LogP contribution in [0.4, 0.5) is 5.00 Å². The summed E-state index contributed by atoms with van der Waals surface area (Å²) in [5, 5.41) is 11.2. The van der Waals surface area contributed by atoms with Crippen LogP contribution in [0.1, 0.15) is 9.67 Å². The van der Waals surface area contributed by atoms with Crippen molar-refractivity contribution in [2.75, 3.05) is 0 Å². The molecule has 2 heterocycles. The second-order valence-electron chi connectivity index (χ2n) is 4.60. The molecule has 0 unspecified atom stereocenters. The largest absolute Gasteiger partial charge is 0.324 e. The van der Waals surface area contributed by atoms with Gasteiger partial charge >= 0.3 is 5.00 Å². The summed E-state index contributed by atoms with van der Waals surface area (Å²) < 4.78 is 2.58. The number of carbonyl (C=O) groups excluding carboxylic acids is 1. The Morgan fingerprint density at radius 1 is 1.38 bits per heavy atom. The lowest BCUT2D eigenvalue weighted by molar-refractivity contribution is -0.380. The van der Waals surface area contributed by atoms with Crippen LogP contribution in [0.2, 0.25) is 5.02 Å². The summed E-state index contributed by atoms with van der Waals surface area (Å²) in [5.41, 5.74) is 0.825. The van der Waals surface area contributed by atoms with E-state index in [2.05, 4.69) is 10.9 Å². The number of rotatable bonds is 3. The van der Waals surface area contributed by atoms with E-state index in [1.54, 1.807) is 16.7 Å². The average Bonchev–Trinajstić information content (AvgIpc) is 3.13. The maximum atomic E-state index is 12.3. The summed E-state index contributed by atoms with van der Waals surface area (Å²) >= 11 is 8.06. The van der Waals surface area contributed by atoms with Crippen LogP contribution in [0.25, 0.3) is 10.2 Å². The van der Waals surface area contributed by atoms with Gasteiger partial charge in [0, 0.05) is 11.1 Å². The van der Waals surface area contributed by atoms with Crippen molar-refractivity contribution in [3.05, 3.63) is 55.1 Å². The Bertz CT molecular complexity index is 1070. The smallest absolute Gasteiger partial charge is 0.305 e. The molecule has 9 heteroatoms. The highest BCUT2D eigenvalue weighted by atomic mass is 35.5. The monoisotopic (exact) mass is 377 g/mol. The zero-order chi connectivity index (χ0) is 17.3. The van der Waals surface area contributed by atoms with E-state index in [1.807, 2.05) is 6.07 Å². The van der Waals surface area contributed by atoms with Crippen molar-refractivity contribution in [1.29, 1.82) is 0 Å². The molecule has 0 bridgehead atoms. The number of carbonyl (C=O) groups is 1. The second-order valence-corrected chi connectivity index (χ2v) is 7.11. The quantitative estimate of drug-likeness (QED) is 0.396. The van der Waals surface area contributed by atoms with E-state index in [4.69, 9.17) is 18.0 Å². The predicted octanol–water partition coefficient (Wildman–Crippen LogP) is 3.70. The molecule has 0 saturated carbocycles. The lowest BCUT2D eigenvalue weighted by Crippen LogP contribution is -2.16. The van der Waals surface area contributed by atoms with E-state index in [0.717, 1.165) is 21.6 Å². The van der Waals surface area contributed by atoms with Crippen molar-refractivity contribution in [3.8, 4) is 12.3 Å². The van der Waals surface area contributed by atoms with Gasteiger partial charge in [0.25, 0.3) is 5.91 Å². The molecule has 0 aliphatic rings. The first-order valence-corrected chi connectivity index (χ1v) is 8.56. The Morgan fingerprint density at radius 3 is 2.83 bits per heavy atom. The summed E-state index contributed by atoms with van der Waals surface area (Å²) in [7, 11) is 0. The highest BCUT2D eigenvalue weighted by Crippen LogP contribution is 2.25. The van der Waals surface area contributed by atoms with Crippen LogP contribution in [-0.4, -0.2) is 15.4 Å². The normalized spacial score (nSPS) is 11.6. The molecule has 1 amide bonds. The molecule has 2 aromatic heterocycles. The number of terminal acetylenes is 1. The molecular weight excluding hydrogens is 370 g/mol. The first-order valence-electron chi connectivity index (χ1n) is 6.55. The Hall–Kier alpha value is -2.47. The Kier molecular flexibility index (Phi) is 4.49. The van der Waals surface area contributed by atoms with Crippen LogP contribution >= 0.6 is 34.3 Å². The predicted molar refractivity (Wildman–Crippen MR) is 94.5 cm³/mol. The Balaban J connectivity index is 2.11. The molecule has 0 spiro atoms. The van der Waals surface area contributed by atoms with E-state index in [-0.39, 0.29) is 16.4 Å². The molecule has 24 heavy (non-hydrogen) atoms. The number of nitrogens with zero attached hydrogens (tertiary/aromatic N) is 3. The molecule has 1 aromatic carbocycles. The van der Waals surface area contributed by atoms with Gasteiger partial charge in [-0.1, -0.05) is 40.2 Å². The van der Waals surface area contributed by atoms with Gasteiger partial charge in [-0.25, -0.2) is 0 Å². The summed E-state index contributed by atoms with van der Waals surface area (Å²) in [4.78, 5) is 27.2. The zero-order valence-electron chi connectivity index (χ0n) is 11.9. The van der Waals surface area contributed by atoms with Crippen molar-refractivity contribution in [3.63, 3.8) is 0 Å². The second kappa shape index (κ2) is 6.57. The number of fused-ring (bicyclic) bond motifs is 1. The number of thiophene rings is 1. The Labute approximate surface area is 148 Å². The van der Waals surface area contributed by atoms with Crippen LogP contribution in [-0.2, 0) is 6.54 Å². The zero-order valence-corrected chi connectivity index (χ0v) is 14.3. The van der Waals surface area contributed by atoms with Gasteiger partial charge in [-0.3, -0.25) is 14.9 Å². The van der Waals surface area contributed by atoms with Crippen molar-refractivity contribution >= 4 is 55.4 Å². The fourth-order valence-electron chi connectivity index (χ4n) is 2.06. The van der Waals surface area contributed by atoms with Crippen LogP contribution < -0.4 is 4.80 Å². The minimum absolute atomic E-state index is 0.104. The maximum Gasteiger partial charge on any atom is 0.324 e. The molecular formula is C15H8ClN3O3S2. The van der Waals surface area contributed by atoms with Gasteiger partial charge in [-0.05, 0) is 24.3 Å². The fraction of sp³-hybridized carbons (Fsp3) is 0.0667. The minimum atomic E-state index is -0.545. The van der Waals surface area contributed by atoms with E-state index in [0.29, 0.717) is 9.82 Å². The summed E-state index contributed by atoms with van der Waals surface area (Å²) in [5.74, 6) is 1.98. The van der Waals surface area contributed by atoms with Crippen molar-refractivity contribution in [2.24, 2.45) is 4.99 Å². The van der Waals surface area contributed by atoms with E-state index in [9.17, 15) is 14.9 Å². The third-order valence-electron chi connectivity index (χ3n) is 3.07. The third-order valence-corrected chi connectivity index (χ3v) is 5.38. The molecule has 0 fully saturated rings. The molecule has 0 aliphatic heterocycles. The number of benzene rings is 1. The minimum Gasteiger partial charge on any atom is -0.305 e. The number of thiazole rings is 1.